The Labute approximate surface area is 157 Å². The molecule has 0 N–H and O–H groups in total. The van der Waals surface area contributed by atoms with Gasteiger partial charge in [-0.15, -0.1) is 0 Å². The van der Waals surface area contributed by atoms with Crippen LogP contribution >= 0.6 is 11.8 Å². The van der Waals surface area contributed by atoms with Gasteiger partial charge in [0.1, 0.15) is 11.6 Å². The average Bonchev–Trinajstić information content (AvgIpc) is 2.59. The Morgan fingerprint density at radius 1 is 1.00 bits per heavy atom. The molecule has 0 aliphatic carbocycles. The fourth-order valence-electron chi connectivity index (χ4n) is 2.63. The first-order valence-corrected chi connectivity index (χ1v) is 9.52. The van der Waals surface area contributed by atoms with E-state index in [0.29, 0.717) is 16.8 Å². The number of halogens is 1. The Kier molecular flexibility index (Phi) is 5.89. The Balaban J connectivity index is 1.79. The van der Waals surface area contributed by atoms with Crippen molar-refractivity contribution in [2.24, 2.45) is 0 Å². The molecular formula is C21H21FN2OS. The zero-order valence-electron chi connectivity index (χ0n) is 15.1. The maximum absolute atomic E-state index is 13.3. The molecule has 0 radical (unpaired) electrons. The Morgan fingerprint density at radius 3 is 2.46 bits per heavy atom. The fraction of sp³-hybridized carbons (Fsp3) is 0.238. The van der Waals surface area contributed by atoms with Crippen molar-refractivity contribution in [3.63, 3.8) is 0 Å². The number of aromatic nitrogens is 2. The molecule has 0 saturated carbocycles. The molecule has 0 aliphatic rings. The van der Waals surface area contributed by atoms with Crippen molar-refractivity contribution in [2.75, 3.05) is 0 Å². The normalized spacial score (nSPS) is 10.8. The third kappa shape index (κ3) is 5.05. The minimum absolute atomic E-state index is 0.231. The zero-order chi connectivity index (χ0) is 18.5. The quantitative estimate of drug-likeness (QED) is 0.402. The first kappa shape index (κ1) is 18.4. The highest BCUT2D eigenvalue weighted by molar-refractivity contribution is 7.98. The maximum atomic E-state index is 13.3. The van der Waals surface area contributed by atoms with Gasteiger partial charge in [-0.25, -0.2) is 9.37 Å². The third-order valence-corrected chi connectivity index (χ3v) is 4.69. The second-order valence-corrected chi connectivity index (χ2v) is 7.12. The lowest BCUT2D eigenvalue weighted by Crippen LogP contribution is -1.98. The van der Waals surface area contributed by atoms with Crippen LogP contribution in [0.25, 0.3) is 0 Å². The van der Waals surface area contributed by atoms with Crippen LogP contribution in [0.15, 0.2) is 53.7 Å². The van der Waals surface area contributed by atoms with Crippen LogP contribution in [0.2, 0.25) is 0 Å². The topological polar surface area (TPSA) is 35.0 Å². The van der Waals surface area contributed by atoms with Crippen LogP contribution < -0.4 is 4.74 Å². The molecule has 0 fully saturated rings. The van der Waals surface area contributed by atoms with Crippen molar-refractivity contribution in [2.45, 2.75) is 38.1 Å². The molecule has 134 valence electrons. The van der Waals surface area contributed by atoms with Crippen molar-refractivity contribution < 1.29 is 9.13 Å². The van der Waals surface area contributed by atoms with E-state index in [-0.39, 0.29) is 5.82 Å². The first-order valence-electron chi connectivity index (χ1n) is 8.53. The predicted molar refractivity (Wildman–Crippen MR) is 103 cm³/mol. The summed E-state index contributed by atoms with van der Waals surface area (Å²) >= 11 is 1.47. The number of hydrogen-bond acceptors (Lipinski definition) is 4. The van der Waals surface area contributed by atoms with Crippen LogP contribution in [0.4, 0.5) is 4.39 Å². The van der Waals surface area contributed by atoms with Crippen LogP contribution in [0, 0.1) is 19.7 Å². The van der Waals surface area contributed by atoms with Crippen molar-refractivity contribution in [1.29, 1.82) is 0 Å². The van der Waals surface area contributed by atoms with Gasteiger partial charge < -0.3 is 4.74 Å². The van der Waals surface area contributed by atoms with Gasteiger partial charge in [0.2, 0.25) is 5.88 Å². The van der Waals surface area contributed by atoms with Gasteiger partial charge in [-0.1, -0.05) is 36.9 Å². The van der Waals surface area contributed by atoms with E-state index < -0.39 is 0 Å². The number of hydrogen-bond donors (Lipinski definition) is 0. The summed E-state index contributed by atoms with van der Waals surface area (Å²) in [5, 5.41) is 0.632. The highest BCUT2D eigenvalue weighted by atomic mass is 32.2. The van der Waals surface area contributed by atoms with Gasteiger partial charge in [0, 0.05) is 17.5 Å². The summed E-state index contributed by atoms with van der Waals surface area (Å²) in [5.74, 6) is 1.67. The SMILES string of the molecule is CCc1cc(Oc2cc(C)cc(C)c2)nc(SCc2cccc(F)c2)n1. The van der Waals surface area contributed by atoms with Crippen molar-refractivity contribution in [3.05, 3.63) is 76.7 Å². The lowest BCUT2D eigenvalue weighted by atomic mass is 10.1. The molecule has 3 nitrogen and oxygen atoms in total. The molecule has 3 aromatic rings. The summed E-state index contributed by atoms with van der Waals surface area (Å²) in [6.45, 7) is 6.12. The maximum Gasteiger partial charge on any atom is 0.223 e. The molecule has 0 amide bonds. The molecular weight excluding hydrogens is 347 g/mol. The van der Waals surface area contributed by atoms with Crippen LogP contribution in [-0.4, -0.2) is 9.97 Å². The first-order chi connectivity index (χ1) is 12.5. The smallest absolute Gasteiger partial charge is 0.223 e. The number of aryl methyl sites for hydroxylation is 3. The molecule has 0 unspecified atom stereocenters. The number of thioether (sulfide) groups is 1. The van der Waals surface area contributed by atoms with E-state index in [9.17, 15) is 4.39 Å². The fourth-order valence-corrected chi connectivity index (χ4v) is 3.45. The summed E-state index contributed by atoms with van der Waals surface area (Å²) in [7, 11) is 0. The van der Waals surface area contributed by atoms with Crippen molar-refractivity contribution >= 4 is 11.8 Å². The number of benzene rings is 2. The van der Waals surface area contributed by atoms with E-state index in [1.54, 1.807) is 6.07 Å². The molecule has 2 aromatic carbocycles. The Bertz CT molecular complexity index is 894. The Hall–Kier alpha value is -2.40. The number of rotatable bonds is 6. The monoisotopic (exact) mass is 368 g/mol. The van der Waals surface area contributed by atoms with E-state index in [1.165, 1.54) is 23.9 Å². The number of nitrogens with zero attached hydrogens (tertiary/aromatic N) is 2. The lowest BCUT2D eigenvalue weighted by Gasteiger charge is -2.10. The van der Waals surface area contributed by atoms with Gasteiger partial charge in [0.05, 0.1) is 0 Å². The van der Waals surface area contributed by atoms with Gasteiger partial charge >= 0.3 is 0 Å². The van der Waals surface area contributed by atoms with E-state index >= 15 is 0 Å². The van der Waals surface area contributed by atoms with Crippen LogP contribution in [-0.2, 0) is 12.2 Å². The Morgan fingerprint density at radius 2 is 1.77 bits per heavy atom. The largest absolute Gasteiger partial charge is 0.439 e. The summed E-state index contributed by atoms with van der Waals surface area (Å²) in [6, 6.07) is 14.5. The van der Waals surface area contributed by atoms with Crippen molar-refractivity contribution in [3.8, 4) is 11.6 Å². The minimum atomic E-state index is -0.231. The summed E-state index contributed by atoms with van der Waals surface area (Å²) in [4.78, 5) is 9.05. The molecule has 0 bridgehead atoms. The standard InChI is InChI=1S/C21H21FN2OS/c1-4-18-12-20(25-19-9-14(2)8-15(3)10-19)24-21(23-18)26-13-16-6-5-7-17(22)11-16/h5-12H,4,13H2,1-3H3. The predicted octanol–water partition coefficient (Wildman–Crippen LogP) is 5.88. The molecule has 1 heterocycles. The molecule has 26 heavy (non-hydrogen) atoms. The van der Waals surface area contributed by atoms with Gasteiger partial charge in [0.15, 0.2) is 5.16 Å². The van der Waals surface area contributed by atoms with E-state index in [2.05, 4.69) is 16.0 Å². The van der Waals surface area contributed by atoms with E-state index in [1.807, 2.05) is 45.0 Å². The molecule has 0 spiro atoms. The highest BCUT2D eigenvalue weighted by Gasteiger charge is 2.08. The zero-order valence-corrected chi connectivity index (χ0v) is 15.9. The summed E-state index contributed by atoms with van der Waals surface area (Å²) in [5.41, 5.74) is 4.11. The molecule has 0 aliphatic heterocycles. The second-order valence-electron chi connectivity index (χ2n) is 6.18. The summed E-state index contributed by atoms with van der Waals surface area (Å²) < 4.78 is 19.3. The molecule has 0 saturated heterocycles. The summed E-state index contributed by atoms with van der Waals surface area (Å²) in [6.07, 6.45) is 0.791. The molecule has 3 rings (SSSR count). The van der Waals surface area contributed by atoms with Gasteiger partial charge in [-0.3, -0.25) is 0 Å². The second kappa shape index (κ2) is 8.32. The highest BCUT2D eigenvalue weighted by Crippen LogP contribution is 2.26. The van der Waals surface area contributed by atoms with Gasteiger partial charge in [-0.2, -0.15) is 4.98 Å². The third-order valence-electron chi connectivity index (χ3n) is 3.77. The number of ether oxygens (including phenoxy) is 1. The molecule has 0 atom stereocenters. The molecule has 5 heteroatoms. The van der Waals surface area contributed by atoms with Crippen LogP contribution in [0.5, 0.6) is 11.6 Å². The minimum Gasteiger partial charge on any atom is -0.439 e. The van der Waals surface area contributed by atoms with Crippen LogP contribution in [0.3, 0.4) is 0 Å². The van der Waals surface area contributed by atoms with Gasteiger partial charge in [-0.05, 0) is 61.2 Å². The lowest BCUT2D eigenvalue weighted by molar-refractivity contribution is 0.453. The van der Waals surface area contributed by atoms with E-state index in [0.717, 1.165) is 34.6 Å². The average molecular weight is 368 g/mol. The van der Waals surface area contributed by atoms with E-state index in [4.69, 9.17) is 4.74 Å². The van der Waals surface area contributed by atoms with Crippen molar-refractivity contribution in [1.82, 2.24) is 9.97 Å². The molecule has 1 aromatic heterocycles. The van der Waals surface area contributed by atoms with Crippen LogP contribution in [0.1, 0.15) is 29.3 Å². The van der Waals surface area contributed by atoms with Gasteiger partial charge in [0.25, 0.3) is 0 Å².